The monoisotopic (exact) mass is 330 g/mol. The number of hydrogen-bond donors (Lipinski definition) is 0. The first-order chi connectivity index (χ1) is 12.2. The Morgan fingerprint density at radius 3 is 2.48 bits per heavy atom. The average Bonchev–Trinajstić information content (AvgIpc) is 2.66. The molecule has 126 valence electrons. The molecule has 0 bridgehead atoms. The summed E-state index contributed by atoms with van der Waals surface area (Å²) in [6.45, 7) is 4.35. The van der Waals surface area contributed by atoms with E-state index in [1.807, 2.05) is 54.6 Å². The predicted octanol–water partition coefficient (Wildman–Crippen LogP) is 5.97. The molecule has 1 unspecified atom stereocenters. The molecule has 25 heavy (non-hydrogen) atoms. The van der Waals surface area contributed by atoms with Gasteiger partial charge in [0.05, 0.1) is 0 Å². The first kappa shape index (κ1) is 17.0. The number of ether oxygens (including phenoxy) is 1. The molecule has 0 N–H and O–H groups in total. The van der Waals surface area contributed by atoms with Crippen LogP contribution in [-0.4, -0.2) is 5.97 Å². The molecule has 0 saturated carbocycles. The summed E-state index contributed by atoms with van der Waals surface area (Å²) in [5, 5.41) is 2.27. The zero-order chi connectivity index (χ0) is 17.6. The average molecular weight is 330 g/mol. The second kappa shape index (κ2) is 7.80. The summed E-state index contributed by atoms with van der Waals surface area (Å²) < 4.78 is 5.39. The van der Waals surface area contributed by atoms with Gasteiger partial charge in [-0.3, -0.25) is 0 Å². The molecule has 2 nitrogen and oxygen atoms in total. The maximum absolute atomic E-state index is 12.1. The van der Waals surface area contributed by atoms with Gasteiger partial charge in [-0.1, -0.05) is 68.4 Å². The molecule has 0 aromatic heterocycles. The van der Waals surface area contributed by atoms with Crippen molar-refractivity contribution in [3.8, 4) is 5.75 Å². The first-order valence-electron chi connectivity index (χ1n) is 8.65. The van der Waals surface area contributed by atoms with Crippen molar-refractivity contribution in [2.45, 2.75) is 26.2 Å². The van der Waals surface area contributed by atoms with E-state index in [4.69, 9.17) is 4.74 Å². The summed E-state index contributed by atoms with van der Waals surface area (Å²) in [7, 11) is 0. The zero-order valence-corrected chi connectivity index (χ0v) is 14.6. The van der Waals surface area contributed by atoms with Crippen molar-refractivity contribution in [3.05, 3.63) is 83.9 Å². The van der Waals surface area contributed by atoms with Gasteiger partial charge >= 0.3 is 5.97 Å². The summed E-state index contributed by atoms with van der Waals surface area (Å²) in [6, 6.07) is 21.9. The highest BCUT2D eigenvalue weighted by atomic mass is 16.5. The molecule has 0 heterocycles. The maximum atomic E-state index is 12.1. The maximum Gasteiger partial charge on any atom is 0.336 e. The Balaban J connectivity index is 1.70. The standard InChI is InChI=1S/C23H22O2/c1-3-17(2)18-11-14-21(15-12-18)25-23(24)16-13-20-9-6-8-19-7-4-5-10-22(19)20/h4-17H,3H2,1-2H3. The third-order valence-corrected chi connectivity index (χ3v) is 4.50. The van der Waals surface area contributed by atoms with Crippen LogP contribution in [0.1, 0.15) is 37.3 Å². The number of carbonyl (C=O) groups is 1. The highest BCUT2D eigenvalue weighted by Gasteiger charge is 2.05. The van der Waals surface area contributed by atoms with Gasteiger partial charge in [0.15, 0.2) is 0 Å². The van der Waals surface area contributed by atoms with Crippen LogP contribution in [0.2, 0.25) is 0 Å². The number of carbonyl (C=O) groups excluding carboxylic acids is 1. The number of rotatable bonds is 5. The number of esters is 1. The predicted molar refractivity (Wildman–Crippen MR) is 104 cm³/mol. The van der Waals surface area contributed by atoms with Gasteiger partial charge in [0.1, 0.15) is 5.75 Å². The Morgan fingerprint density at radius 1 is 1.00 bits per heavy atom. The van der Waals surface area contributed by atoms with Gasteiger partial charge < -0.3 is 4.74 Å². The highest BCUT2D eigenvalue weighted by molar-refractivity contribution is 5.95. The SMILES string of the molecule is CCC(C)c1ccc(OC(=O)C=Cc2cccc3ccccc23)cc1. The summed E-state index contributed by atoms with van der Waals surface area (Å²) >= 11 is 0. The third kappa shape index (κ3) is 4.16. The topological polar surface area (TPSA) is 26.3 Å². The van der Waals surface area contributed by atoms with Gasteiger partial charge in [0.25, 0.3) is 0 Å². The van der Waals surface area contributed by atoms with Crippen molar-refractivity contribution < 1.29 is 9.53 Å². The molecule has 3 aromatic rings. The number of fused-ring (bicyclic) bond motifs is 1. The fourth-order valence-electron chi connectivity index (χ4n) is 2.80. The second-order valence-corrected chi connectivity index (χ2v) is 6.20. The Kier molecular flexibility index (Phi) is 5.30. The van der Waals surface area contributed by atoms with Gasteiger partial charge in [-0.25, -0.2) is 4.79 Å². The van der Waals surface area contributed by atoms with Crippen LogP contribution in [0.15, 0.2) is 72.8 Å². The lowest BCUT2D eigenvalue weighted by Crippen LogP contribution is -2.03. The van der Waals surface area contributed by atoms with Gasteiger partial charge in [-0.05, 0) is 52.4 Å². The molecule has 1 atom stereocenters. The zero-order valence-electron chi connectivity index (χ0n) is 14.6. The van der Waals surface area contributed by atoms with E-state index in [1.165, 1.54) is 11.6 Å². The largest absolute Gasteiger partial charge is 0.423 e. The van der Waals surface area contributed by atoms with Crippen molar-refractivity contribution in [2.24, 2.45) is 0 Å². The molecule has 0 aliphatic rings. The minimum absolute atomic E-state index is 0.371. The molecule has 0 saturated heterocycles. The van der Waals surface area contributed by atoms with E-state index in [0.717, 1.165) is 22.8 Å². The molecule has 0 aliphatic heterocycles. The molecular formula is C23H22O2. The van der Waals surface area contributed by atoms with Crippen LogP contribution in [0.3, 0.4) is 0 Å². The molecule has 2 heteroatoms. The summed E-state index contributed by atoms with van der Waals surface area (Å²) in [5.74, 6) is 0.708. The molecule has 3 aromatic carbocycles. The molecule has 0 amide bonds. The van der Waals surface area contributed by atoms with Crippen molar-refractivity contribution in [1.29, 1.82) is 0 Å². The molecule has 3 rings (SSSR count). The van der Waals surface area contributed by atoms with Crippen LogP contribution in [0.5, 0.6) is 5.75 Å². The van der Waals surface area contributed by atoms with Crippen molar-refractivity contribution in [3.63, 3.8) is 0 Å². The third-order valence-electron chi connectivity index (χ3n) is 4.50. The Labute approximate surface area is 148 Å². The van der Waals surface area contributed by atoms with Crippen LogP contribution in [0.25, 0.3) is 16.8 Å². The van der Waals surface area contributed by atoms with Gasteiger partial charge in [0.2, 0.25) is 0 Å². The van der Waals surface area contributed by atoms with Crippen LogP contribution in [-0.2, 0) is 4.79 Å². The van der Waals surface area contributed by atoms with Crippen molar-refractivity contribution in [2.75, 3.05) is 0 Å². The van der Waals surface area contributed by atoms with E-state index in [0.29, 0.717) is 11.7 Å². The minimum atomic E-state index is -0.371. The van der Waals surface area contributed by atoms with Crippen LogP contribution < -0.4 is 4.74 Å². The number of benzene rings is 3. The Hall–Kier alpha value is -2.87. The van der Waals surface area contributed by atoms with E-state index in [2.05, 4.69) is 26.0 Å². The Morgan fingerprint density at radius 2 is 1.72 bits per heavy atom. The summed E-state index contributed by atoms with van der Waals surface area (Å²) in [6.07, 6.45) is 4.37. The van der Waals surface area contributed by atoms with Gasteiger partial charge in [0, 0.05) is 6.08 Å². The molecule has 0 spiro atoms. The first-order valence-corrected chi connectivity index (χ1v) is 8.65. The summed E-state index contributed by atoms with van der Waals surface area (Å²) in [5.41, 5.74) is 2.26. The van der Waals surface area contributed by atoms with Crippen LogP contribution >= 0.6 is 0 Å². The normalized spacial score (nSPS) is 12.4. The lowest BCUT2D eigenvalue weighted by molar-refractivity contribution is -0.128. The molecule has 0 radical (unpaired) electrons. The molecule has 0 fully saturated rings. The van der Waals surface area contributed by atoms with E-state index >= 15 is 0 Å². The lowest BCUT2D eigenvalue weighted by Gasteiger charge is -2.09. The lowest BCUT2D eigenvalue weighted by atomic mass is 9.99. The van der Waals surface area contributed by atoms with E-state index in [-0.39, 0.29) is 5.97 Å². The number of hydrogen-bond acceptors (Lipinski definition) is 2. The van der Waals surface area contributed by atoms with Crippen LogP contribution in [0.4, 0.5) is 0 Å². The van der Waals surface area contributed by atoms with Gasteiger partial charge in [-0.2, -0.15) is 0 Å². The summed E-state index contributed by atoms with van der Waals surface area (Å²) in [4.78, 5) is 12.1. The van der Waals surface area contributed by atoms with Crippen molar-refractivity contribution >= 4 is 22.8 Å². The fourth-order valence-corrected chi connectivity index (χ4v) is 2.80. The van der Waals surface area contributed by atoms with E-state index < -0.39 is 0 Å². The molecule has 0 aliphatic carbocycles. The van der Waals surface area contributed by atoms with Crippen LogP contribution in [0, 0.1) is 0 Å². The fraction of sp³-hybridized carbons (Fsp3) is 0.174. The van der Waals surface area contributed by atoms with E-state index in [9.17, 15) is 4.79 Å². The smallest absolute Gasteiger partial charge is 0.336 e. The highest BCUT2D eigenvalue weighted by Crippen LogP contribution is 2.22. The van der Waals surface area contributed by atoms with Gasteiger partial charge in [-0.15, -0.1) is 0 Å². The minimum Gasteiger partial charge on any atom is -0.423 e. The van der Waals surface area contributed by atoms with E-state index in [1.54, 1.807) is 6.08 Å². The second-order valence-electron chi connectivity index (χ2n) is 6.20. The quantitative estimate of drug-likeness (QED) is 0.327. The molecular weight excluding hydrogens is 308 g/mol. The Bertz CT molecular complexity index is 886. The van der Waals surface area contributed by atoms with Crippen molar-refractivity contribution in [1.82, 2.24) is 0 Å².